The SMILES string of the molecule is CCC(CC)C(=O)C1CN(CC)CCO1. The number of likely N-dealkylation sites (N-methyl/N-ethyl adjacent to an activating group) is 1. The fourth-order valence-electron chi connectivity index (χ4n) is 2.12. The van der Waals surface area contributed by atoms with Gasteiger partial charge in [0.2, 0.25) is 0 Å². The molecule has 0 aliphatic carbocycles. The van der Waals surface area contributed by atoms with Crippen molar-refractivity contribution < 1.29 is 9.53 Å². The summed E-state index contributed by atoms with van der Waals surface area (Å²) >= 11 is 0. The van der Waals surface area contributed by atoms with Crippen LogP contribution in [-0.4, -0.2) is 43.0 Å². The summed E-state index contributed by atoms with van der Waals surface area (Å²) < 4.78 is 5.57. The highest BCUT2D eigenvalue weighted by atomic mass is 16.5. The molecular formula is C12H23NO2. The molecule has 0 saturated carbocycles. The molecule has 0 amide bonds. The van der Waals surface area contributed by atoms with Gasteiger partial charge in [0.1, 0.15) is 6.10 Å². The molecule has 1 aliphatic heterocycles. The number of hydrogen-bond acceptors (Lipinski definition) is 3. The van der Waals surface area contributed by atoms with E-state index >= 15 is 0 Å². The van der Waals surface area contributed by atoms with E-state index in [0.29, 0.717) is 12.4 Å². The van der Waals surface area contributed by atoms with Crippen molar-refractivity contribution in [3.63, 3.8) is 0 Å². The van der Waals surface area contributed by atoms with Crippen LogP contribution in [0, 0.1) is 5.92 Å². The molecule has 1 atom stereocenters. The van der Waals surface area contributed by atoms with Gasteiger partial charge in [-0.05, 0) is 19.4 Å². The summed E-state index contributed by atoms with van der Waals surface area (Å²) in [6.45, 7) is 9.73. The number of Topliss-reactive ketones (excluding diaryl/α,β-unsaturated/α-hetero) is 1. The largest absolute Gasteiger partial charge is 0.368 e. The summed E-state index contributed by atoms with van der Waals surface area (Å²) in [6.07, 6.45) is 1.69. The van der Waals surface area contributed by atoms with Crippen molar-refractivity contribution in [3.8, 4) is 0 Å². The summed E-state index contributed by atoms with van der Waals surface area (Å²) in [5.41, 5.74) is 0. The van der Waals surface area contributed by atoms with Crippen molar-refractivity contribution in [2.75, 3.05) is 26.2 Å². The highest BCUT2D eigenvalue weighted by Crippen LogP contribution is 2.16. The maximum absolute atomic E-state index is 12.1. The first-order valence-corrected chi connectivity index (χ1v) is 6.10. The van der Waals surface area contributed by atoms with Crippen molar-refractivity contribution >= 4 is 5.78 Å². The van der Waals surface area contributed by atoms with Crippen LogP contribution in [0.2, 0.25) is 0 Å². The van der Waals surface area contributed by atoms with Gasteiger partial charge in [0.25, 0.3) is 0 Å². The molecule has 0 N–H and O–H groups in total. The van der Waals surface area contributed by atoms with E-state index in [9.17, 15) is 4.79 Å². The van der Waals surface area contributed by atoms with Crippen LogP contribution in [0.5, 0.6) is 0 Å². The maximum atomic E-state index is 12.1. The van der Waals surface area contributed by atoms with Gasteiger partial charge in [-0.3, -0.25) is 9.69 Å². The molecular weight excluding hydrogens is 190 g/mol. The van der Waals surface area contributed by atoms with Crippen molar-refractivity contribution in [1.29, 1.82) is 0 Å². The Hall–Kier alpha value is -0.410. The Balaban J connectivity index is 2.51. The molecule has 3 nitrogen and oxygen atoms in total. The number of rotatable bonds is 5. The number of ketones is 1. The average molecular weight is 213 g/mol. The van der Waals surface area contributed by atoms with Crippen molar-refractivity contribution in [3.05, 3.63) is 0 Å². The molecule has 0 aromatic carbocycles. The maximum Gasteiger partial charge on any atom is 0.165 e. The standard InChI is InChI=1S/C12H23NO2/c1-4-10(5-2)12(14)11-9-13(6-3)7-8-15-11/h10-11H,4-9H2,1-3H3. The summed E-state index contributed by atoms with van der Waals surface area (Å²) in [7, 11) is 0. The lowest BCUT2D eigenvalue weighted by molar-refractivity contribution is -0.140. The molecule has 0 bridgehead atoms. The van der Waals surface area contributed by atoms with Crippen LogP contribution in [0.25, 0.3) is 0 Å². The lowest BCUT2D eigenvalue weighted by Crippen LogP contribution is -2.47. The predicted molar refractivity (Wildman–Crippen MR) is 60.9 cm³/mol. The molecule has 0 aromatic heterocycles. The molecule has 1 saturated heterocycles. The first kappa shape index (κ1) is 12.7. The molecule has 1 fully saturated rings. The average Bonchev–Trinajstić information content (AvgIpc) is 2.30. The van der Waals surface area contributed by atoms with Gasteiger partial charge in [-0.25, -0.2) is 0 Å². The summed E-state index contributed by atoms with van der Waals surface area (Å²) in [4.78, 5) is 14.4. The molecule has 1 unspecified atom stereocenters. The molecule has 0 radical (unpaired) electrons. The number of ether oxygens (including phenoxy) is 1. The highest BCUT2D eigenvalue weighted by Gasteiger charge is 2.29. The third-order valence-corrected chi connectivity index (χ3v) is 3.30. The molecule has 88 valence electrons. The molecule has 1 aliphatic rings. The second kappa shape index (κ2) is 6.23. The number of morpholine rings is 1. The zero-order valence-electron chi connectivity index (χ0n) is 10.2. The van der Waals surface area contributed by atoms with Gasteiger partial charge in [0.05, 0.1) is 6.61 Å². The quantitative estimate of drug-likeness (QED) is 0.696. The van der Waals surface area contributed by atoms with Crippen LogP contribution in [0.15, 0.2) is 0 Å². The predicted octanol–water partition coefficient (Wildman–Crippen LogP) is 1.71. The van der Waals surface area contributed by atoms with E-state index in [1.165, 1.54) is 0 Å². The monoisotopic (exact) mass is 213 g/mol. The number of hydrogen-bond donors (Lipinski definition) is 0. The van der Waals surface area contributed by atoms with Crippen LogP contribution in [0.4, 0.5) is 0 Å². The lowest BCUT2D eigenvalue weighted by atomic mass is 9.94. The lowest BCUT2D eigenvalue weighted by Gasteiger charge is -2.32. The third-order valence-electron chi connectivity index (χ3n) is 3.30. The number of nitrogens with zero attached hydrogens (tertiary/aromatic N) is 1. The Morgan fingerprint density at radius 3 is 2.60 bits per heavy atom. The van der Waals surface area contributed by atoms with Gasteiger partial charge in [-0.2, -0.15) is 0 Å². The van der Waals surface area contributed by atoms with Crippen molar-refractivity contribution in [2.45, 2.75) is 39.7 Å². The van der Waals surface area contributed by atoms with E-state index in [1.54, 1.807) is 0 Å². The van der Waals surface area contributed by atoms with Gasteiger partial charge >= 0.3 is 0 Å². The first-order valence-electron chi connectivity index (χ1n) is 6.10. The van der Waals surface area contributed by atoms with Crippen LogP contribution in [0.1, 0.15) is 33.6 Å². The molecule has 1 heterocycles. The molecule has 1 rings (SSSR count). The fraction of sp³-hybridized carbons (Fsp3) is 0.917. The Labute approximate surface area is 92.8 Å². The Morgan fingerprint density at radius 2 is 2.07 bits per heavy atom. The minimum atomic E-state index is -0.177. The summed E-state index contributed by atoms with van der Waals surface area (Å²) in [5.74, 6) is 0.491. The smallest absolute Gasteiger partial charge is 0.165 e. The van der Waals surface area contributed by atoms with Gasteiger partial charge in [-0.15, -0.1) is 0 Å². The van der Waals surface area contributed by atoms with E-state index in [4.69, 9.17) is 4.74 Å². The van der Waals surface area contributed by atoms with Gasteiger partial charge in [0.15, 0.2) is 5.78 Å². The topological polar surface area (TPSA) is 29.5 Å². The molecule has 15 heavy (non-hydrogen) atoms. The van der Waals surface area contributed by atoms with Gasteiger partial charge in [0, 0.05) is 19.0 Å². The second-order valence-corrected chi connectivity index (χ2v) is 4.17. The summed E-state index contributed by atoms with van der Waals surface area (Å²) in [6, 6.07) is 0. The van der Waals surface area contributed by atoms with Crippen LogP contribution in [-0.2, 0) is 9.53 Å². The highest BCUT2D eigenvalue weighted by molar-refractivity contribution is 5.85. The molecule has 3 heteroatoms. The van der Waals surface area contributed by atoms with Crippen LogP contribution >= 0.6 is 0 Å². The minimum absolute atomic E-state index is 0.177. The van der Waals surface area contributed by atoms with Gasteiger partial charge < -0.3 is 4.74 Å². The normalized spacial score (nSPS) is 23.3. The second-order valence-electron chi connectivity index (χ2n) is 4.17. The van der Waals surface area contributed by atoms with Crippen LogP contribution < -0.4 is 0 Å². The first-order chi connectivity index (χ1) is 7.22. The van der Waals surface area contributed by atoms with E-state index in [2.05, 4.69) is 25.7 Å². The Morgan fingerprint density at radius 1 is 1.40 bits per heavy atom. The van der Waals surface area contributed by atoms with Gasteiger partial charge in [-0.1, -0.05) is 20.8 Å². The minimum Gasteiger partial charge on any atom is -0.368 e. The van der Waals surface area contributed by atoms with E-state index in [-0.39, 0.29) is 12.0 Å². The number of carbonyl (C=O) groups excluding carboxylic acids is 1. The van der Waals surface area contributed by atoms with Crippen molar-refractivity contribution in [1.82, 2.24) is 4.90 Å². The zero-order valence-corrected chi connectivity index (χ0v) is 10.2. The van der Waals surface area contributed by atoms with E-state index in [1.807, 2.05) is 0 Å². The van der Waals surface area contributed by atoms with Crippen LogP contribution in [0.3, 0.4) is 0 Å². The summed E-state index contributed by atoms with van der Waals surface area (Å²) in [5, 5.41) is 0. The molecule has 0 aromatic rings. The van der Waals surface area contributed by atoms with E-state index < -0.39 is 0 Å². The number of carbonyl (C=O) groups is 1. The third kappa shape index (κ3) is 3.28. The Bertz CT molecular complexity index is 202. The zero-order chi connectivity index (χ0) is 11.3. The van der Waals surface area contributed by atoms with Crippen molar-refractivity contribution in [2.24, 2.45) is 5.92 Å². The fourth-order valence-corrected chi connectivity index (χ4v) is 2.12. The molecule has 0 spiro atoms. The van der Waals surface area contributed by atoms with E-state index in [0.717, 1.165) is 32.5 Å². The Kier molecular flexibility index (Phi) is 5.26.